The SMILES string of the molecule is Cc1cc(N)c(C)c2c1OCOC2. The van der Waals surface area contributed by atoms with Crippen LogP contribution in [0.1, 0.15) is 16.7 Å². The second kappa shape index (κ2) is 2.92. The summed E-state index contributed by atoms with van der Waals surface area (Å²) in [7, 11) is 0. The van der Waals surface area contributed by atoms with Crippen LogP contribution in [0.15, 0.2) is 6.07 Å². The lowest BCUT2D eigenvalue weighted by molar-refractivity contribution is -0.0171. The van der Waals surface area contributed by atoms with E-state index >= 15 is 0 Å². The van der Waals surface area contributed by atoms with Gasteiger partial charge in [0, 0.05) is 11.3 Å². The van der Waals surface area contributed by atoms with E-state index in [0.29, 0.717) is 13.4 Å². The minimum atomic E-state index is 0.344. The van der Waals surface area contributed by atoms with Gasteiger partial charge in [-0.25, -0.2) is 0 Å². The molecule has 0 aliphatic carbocycles. The number of anilines is 1. The fraction of sp³-hybridized carbons (Fsp3) is 0.400. The van der Waals surface area contributed by atoms with Crippen LogP contribution < -0.4 is 10.5 Å². The van der Waals surface area contributed by atoms with Crippen molar-refractivity contribution in [2.45, 2.75) is 20.5 Å². The van der Waals surface area contributed by atoms with Crippen molar-refractivity contribution in [1.29, 1.82) is 0 Å². The lowest BCUT2D eigenvalue weighted by Gasteiger charge is -2.22. The highest BCUT2D eigenvalue weighted by molar-refractivity contribution is 5.59. The molecule has 1 heterocycles. The van der Waals surface area contributed by atoms with Gasteiger partial charge in [0.05, 0.1) is 6.61 Å². The maximum atomic E-state index is 5.83. The minimum absolute atomic E-state index is 0.344. The first kappa shape index (κ1) is 8.38. The third-order valence-corrected chi connectivity index (χ3v) is 2.42. The second-order valence-corrected chi connectivity index (χ2v) is 3.33. The van der Waals surface area contributed by atoms with Gasteiger partial charge in [0.15, 0.2) is 6.79 Å². The molecule has 0 unspecified atom stereocenters. The summed E-state index contributed by atoms with van der Waals surface area (Å²) in [5.41, 5.74) is 9.89. The second-order valence-electron chi connectivity index (χ2n) is 3.33. The standard InChI is InChI=1S/C10H13NO2/c1-6-3-9(11)7(2)8-4-12-5-13-10(6)8/h3H,4-5,11H2,1-2H3. The number of nitrogen functional groups attached to an aromatic ring is 1. The first-order valence-corrected chi connectivity index (χ1v) is 4.29. The lowest BCUT2D eigenvalue weighted by atomic mass is 10.0. The van der Waals surface area contributed by atoms with Gasteiger partial charge in [-0.3, -0.25) is 0 Å². The highest BCUT2D eigenvalue weighted by Crippen LogP contribution is 2.33. The molecule has 0 fully saturated rings. The van der Waals surface area contributed by atoms with Gasteiger partial charge >= 0.3 is 0 Å². The van der Waals surface area contributed by atoms with Crippen molar-refractivity contribution in [2.24, 2.45) is 0 Å². The van der Waals surface area contributed by atoms with Crippen molar-refractivity contribution < 1.29 is 9.47 Å². The van der Waals surface area contributed by atoms with E-state index in [4.69, 9.17) is 15.2 Å². The summed E-state index contributed by atoms with van der Waals surface area (Å²) in [6, 6.07) is 1.94. The Balaban J connectivity index is 2.63. The summed E-state index contributed by atoms with van der Waals surface area (Å²) in [6.45, 7) is 4.94. The van der Waals surface area contributed by atoms with E-state index in [0.717, 1.165) is 28.1 Å². The Labute approximate surface area is 77.5 Å². The monoisotopic (exact) mass is 179 g/mol. The van der Waals surface area contributed by atoms with Crippen LogP contribution in [-0.2, 0) is 11.3 Å². The predicted octanol–water partition coefficient (Wildman–Crippen LogP) is 1.75. The van der Waals surface area contributed by atoms with Crippen molar-refractivity contribution in [1.82, 2.24) is 0 Å². The minimum Gasteiger partial charge on any atom is -0.467 e. The molecular weight excluding hydrogens is 166 g/mol. The molecule has 3 nitrogen and oxygen atoms in total. The number of hydrogen-bond donors (Lipinski definition) is 1. The van der Waals surface area contributed by atoms with Gasteiger partial charge in [-0.05, 0) is 31.0 Å². The molecule has 0 spiro atoms. The number of aryl methyl sites for hydroxylation is 1. The molecule has 1 aromatic carbocycles. The zero-order valence-electron chi connectivity index (χ0n) is 7.89. The largest absolute Gasteiger partial charge is 0.467 e. The van der Waals surface area contributed by atoms with Crippen LogP contribution in [0.2, 0.25) is 0 Å². The summed E-state index contributed by atoms with van der Waals surface area (Å²) in [5.74, 6) is 0.943. The van der Waals surface area contributed by atoms with E-state index in [2.05, 4.69) is 0 Å². The fourth-order valence-corrected chi connectivity index (χ4v) is 1.61. The molecule has 0 amide bonds. The van der Waals surface area contributed by atoms with Crippen molar-refractivity contribution in [3.8, 4) is 5.75 Å². The highest BCUT2D eigenvalue weighted by atomic mass is 16.7. The number of hydrogen-bond acceptors (Lipinski definition) is 3. The normalized spacial score (nSPS) is 14.9. The molecule has 3 heteroatoms. The topological polar surface area (TPSA) is 44.5 Å². The predicted molar refractivity (Wildman–Crippen MR) is 50.6 cm³/mol. The van der Waals surface area contributed by atoms with Crippen molar-refractivity contribution in [3.05, 3.63) is 22.8 Å². The van der Waals surface area contributed by atoms with Crippen molar-refractivity contribution >= 4 is 5.69 Å². The Hall–Kier alpha value is -1.22. The number of ether oxygens (including phenoxy) is 2. The van der Waals surface area contributed by atoms with E-state index < -0.39 is 0 Å². The van der Waals surface area contributed by atoms with E-state index in [-0.39, 0.29) is 0 Å². The molecule has 0 bridgehead atoms. The van der Waals surface area contributed by atoms with Crippen molar-refractivity contribution in [2.75, 3.05) is 12.5 Å². The van der Waals surface area contributed by atoms with Gasteiger partial charge in [-0.2, -0.15) is 0 Å². The smallest absolute Gasteiger partial charge is 0.189 e. The Morgan fingerprint density at radius 1 is 1.38 bits per heavy atom. The van der Waals surface area contributed by atoms with E-state index in [1.807, 2.05) is 19.9 Å². The highest BCUT2D eigenvalue weighted by Gasteiger charge is 2.16. The number of rotatable bonds is 0. The van der Waals surface area contributed by atoms with Crippen LogP contribution in [0, 0.1) is 13.8 Å². The number of nitrogens with two attached hydrogens (primary N) is 1. The fourth-order valence-electron chi connectivity index (χ4n) is 1.61. The molecule has 0 saturated carbocycles. The van der Waals surface area contributed by atoms with Gasteiger partial charge in [0.1, 0.15) is 5.75 Å². The Bertz CT molecular complexity index is 347. The molecule has 0 saturated heterocycles. The molecule has 13 heavy (non-hydrogen) atoms. The van der Waals surface area contributed by atoms with E-state index in [1.165, 1.54) is 0 Å². The average Bonchev–Trinajstić information content (AvgIpc) is 2.15. The summed E-state index contributed by atoms with van der Waals surface area (Å²) in [4.78, 5) is 0. The van der Waals surface area contributed by atoms with Gasteiger partial charge in [0.2, 0.25) is 0 Å². The maximum absolute atomic E-state index is 5.83. The summed E-state index contributed by atoms with van der Waals surface area (Å²) >= 11 is 0. The molecule has 70 valence electrons. The lowest BCUT2D eigenvalue weighted by Crippen LogP contribution is -2.14. The van der Waals surface area contributed by atoms with Crippen LogP contribution >= 0.6 is 0 Å². The Morgan fingerprint density at radius 3 is 2.92 bits per heavy atom. The molecule has 1 aromatic rings. The van der Waals surface area contributed by atoms with Crippen LogP contribution in [0.5, 0.6) is 5.75 Å². The summed E-state index contributed by atoms with van der Waals surface area (Å²) in [6.07, 6.45) is 0. The Morgan fingerprint density at radius 2 is 2.15 bits per heavy atom. The average molecular weight is 179 g/mol. The van der Waals surface area contributed by atoms with Crippen LogP contribution in [-0.4, -0.2) is 6.79 Å². The van der Waals surface area contributed by atoms with E-state index in [1.54, 1.807) is 0 Å². The third kappa shape index (κ3) is 1.25. The number of fused-ring (bicyclic) bond motifs is 1. The van der Waals surface area contributed by atoms with Gasteiger partial charge in [-0.1, -0.05) is 0 Å². The van der Waals surface area contributed by atoms with Crippen LogP contribution in [0.25, 0.3) is 0 Å². The molecule has 1 aliphatic heterocycles. The third-order valence-electron chi connectivity index (χ3n) is 2.42. The molecule has 2 rings (SSSR count). The van der Waals surface area contributed by atoms with E-state index in [9.17, 15) is 0 Å². The number of benzene rings is 1. The molecule has 2 N–H and O–H groups in total. The Kier molecular flexibility index (Phi) is 1.88. The summed E-state index contributed by atoms with van der Waals surface area (Å²) < 4.78 is 10.6. The van der Waals surface area contributed by atoms with Gasteiger partial charge < -0.3 is 15.2 Å². The first-order valence-electron chi connectivity index (χ1n) is 4.29. The van der Waals surface area contributed by atoms with Crippen molar-refractivity contribution in [3.63, 3.8) is 0 Å². The zero-order valence-corrected chi connectivity index (χ0v) is 7.89. The van der Waals surface area contributed by atoms with Gasteiger partial charge in [0.25, 0.3) is 0 Å². The maximum Gasteiger partial charge on any atom is 0.189 e. The quantitative estimate of drug-likeness (QED) is 0.617. The summed E-state index contributed by atoms with van der Waals surface area (Å²) in [5, 5.41) is 0. The zero-order chi connectivity index (χ0) is 9.42. The van der Waals surface area contributed by atoms with Crippen LogP contribution in [0.4, 0.5) is 5.69 Å². The molecule has 0 aromatic heterocycles. The molecule has 1 aliphatic rings. The molecule has 0 atom stereocenters. The molecular formula is C10H13NO2. The van der Waals surface area contributed by atoms with Gasteiger partial charge in [-0.15, -0.1) is 0 Å². The first-order chi connectivity index (χ1) is 6.20. The molecule has 0 radical (unpaired) electrons. The van der Waals surface area contributed by atoms with Crippen LogP contribution in [0.3, 0.4) is 0 Å².